The molecule has 4 nitrogen and oxygen atoms in total. The predicted octanol–water partition coefficient (Wildman–Crippen LogP) is 5.74. The molecule has 0 saturated carbocycles. The zero-order chi connectivity index (χ0) is 18.8. The van der Waals surface area contributed by atoms with Gasteiger partial charge in [0.15, 0.2) is 0 Å². The summed E-state index contributed by atoms with van der Waals surface area (Å²) < 4.78 is 6.35. The highest BCUT2D eigenvalue weighted by Gasteiger charge is 2.13. The summed E-state index contributed by atoms with van der Waals surface area (Å²) in [7, 11) is 0. The van der Waals surface area contributed by atoms with E-state index in [0.29, 0.717) is 27.4 Å². The molecule has 130 valence electrons. The number of allylic oxidation sites excluding steroid dienone is 1. The Morgan fingerprint density at radius 3 is 2.74 bits per heavy atom. The van der Waals surface area contributed by atoms with E-state index in [1.807, 2.05) is 42.5 Å². The van der Waals surface area contributed by atoms with Crippen molar-refractivity contribution in [3.8, 4) is 17.3 Å². The SMILES string of the molecule is N#C/C(=C\c1ccc(Br)cc1)c1nc(-c2cc3ccccc3oc2=O)cs1. The van der Waals surface area contributed by atoms with E-state index in [4.69, 9.17) is 4.42 Å². The molecule has 0 aliphatic heterocycles. The van der Waals surface area contributed by atoms with Crippen LogP contribution in [-0.2, 0) is 0 Å². The molecule has 0 radical (unpaired) electrons. The van der Waals surface area contributed by atoms with Crippen LogP contribution in [0.5, 0.6) is 0 Å². The van der Waals surface area contributed by atoms with Gasteiger partial charge in [0.1, 0.15) is 16.7 Å². The van der Waals surface area contributed by atoms with Crippen molar-refractivity contribution in [3.05, 3.63) is 85.4 Å². The van der Waals surface area contributed by atoms with Crippen molar-refractivity contribution < 1.29 is 4.42 Å². The molecule has 2 heterocycles. The highest BCUT2D eigenvalue weighted by Crippen LogP contribution is 2.27. The van der Waals surface area contributed by atoms with Crippen molar-refractivity contribution >= 4 is 49.9 Å². The third kappa shape index (κ3) is 3.61. The number of aromatic nitrogens is 1. The highest BCUT2D eigenvalue weighted by atomic mass is 79.9. The van der Waals surface area contributed by atoms with Gasteiger partial charge in [-0.15, -0.1) is 11.3 Å². The van der Waals surface area contributed by atoms with Crippen molar-refractivity contribution in [2.24, 2.45) is 0 Å². The molecule has 0 atom stereocenters. The van der Waals surface area contributed by atoms with Gasteiger partial charge in [-0.05, 0) is 35.9 Å². The monoisotopic (exact) mass is 434 g/mol. The number of para-hydroxylation sites is 1. The molecular weight excluding hydrogens is 424 g/mol. The molecule has 4 aromatic rings. The van der Waals surface area contributed by atoms with Crippen LogP contribution in [0.4, 0.5) is 0 Å². The molecule has 0 unspecified atom stereocenters. The normalized spacial score (nSPS) is 11.5. The Labute approximate surface area is 167 Å². The molecule has 2 aromatic heterocycles. The number of nitriles is 1. The van der Waals surface area contributed by atoms with Crippen LogP contribution in [0.2, 0.25) is 0 Å². The number of fused-ring (bicyclic) bond motifs is 1. The topological polar surface area (TPSA) is 66.9 Å². The summed E-state index contributed by atoms with van der Waals surface area (Å²) in [5.74, 6) is 0. The Bertz CT molecular complexity index is 1260. The van der Waals surface area contributed by atoms with E-state index in [2.05, 4.69) is 27.0 Å². The minimum atomic E-state index is -0.444. The second-order valence-corrected chi connectivity index (χ2v) is 7.52. The lowest BCUT2D eigenvalue weighted by atomic mass is 10.1. The largest absolute Gasteiger partial charge is 0.422 e. The fourth-order valence-electron chi connectivity index (χ4n) is 2.63. The maximum atomic E-state index is 12.3. The average Bonchev–Trinajstić information content (AvgIpc) is 3.16. The van der Waals surface area contributed by atoms with Gasteiger partial charge < -0.3 is 4.42 Å². The van der Waals surface area contributed by atoms with E-state index < -0.39 is 5.63 Å². The van der Waals surface area contributed by atoms with Crippen LogP contribution in [0, 0.1) is 11.3 Å². The van der Waals surface area contributed by atoms with E-state index in [1.165, 1.54) is 11.3 Å². The van der Waals surface area contributed by atoms with Gasteiger partial charge in [-0.2, -0.15) is 5.26 Å². The predicted molar refractivity (Wildman–Crippen MR) is 111 cm³/mol. The second-order valence-electron chi connectivity index (χ2n) is 5.74. The Kier molecular flexibility index (Phi) is 4.71. The summed E-state index contributed by atoms with van der Waals surface area (Å²) in [6.07, 6.45) is 1.78. The molecule has 4 rings (SSSR count). The van der Waals surface area contributed by atoms with E-state index in [-0.39, 0.29) is 0 Å². The Balaban J connectivity index is 1.75. The van der Waals surface area contributed by atoms with Gasteiger partial charge in [-0.3, -0.25) is 0 Å². The molecule has 0 amide bonds. The van der Waals surface area contributed by atoms with Crippen LogP contribution in [0.25, 0.3) is 33.9 Å². The summed E-state index contributed by atoms with van der Waals surface area (Å²) in [6.45, 7) is 0. The van der Waals surface area contributed by atoms with Crippen LogP contribution in [-0.4, -0.2) is 4.98 Å². The first kappa shape index (κ1) is 17.4. The highest BCUT2D eigenvalue weighted by molar-refractivity contribution is 9.10. The minimum absolute atomic E-state index is 0.386. The van der Waals surface area contributed by atoms with E-state index >= 15 is 0 Å². The van der Waals surface area contributed by atoms with E-state index in [1.54, 1.807) is 23.6 Å². The number of hydrogen-bond acceptors (Lipinski definition) is 5. The molecule has 2 aromatic carbocycles. The van der Waals surface area contributed by atoms with Gasteiger partial charge in [0, 0.05) is 15.2 Å². The van der Waals surface area contributed by atoms with Gasteiger partial charge in [-0.25, -0.2) is 9.78 Å². The zero-order valence-corrected chi connectivity index (χ0v) is 16.3. The Hall–Kier alpha value is -3.01. The summed E-state index contributed by atoms with van der Waals surface area (Å²) >= 11 is 4.71. The van der Waals surface area contributed by atoms with Crippen LogP contribution >= 0.6 is 27.3 Å². The number of benzene rings is 2. The molecule has 0 aliphatic rings. The standard InChI is InChI=1S/C21H11BrN2O2S/c22-16-7-5-13(6-8-16)9-15(11-23)20-24-18(12-27-20)17-10-14-3-1-2-4-19(14)26-21(17)25/h1-10,12H/b15-9+. The smallest absolute Gasteiger partial charge is 0.345 e. The molecule has 0 fully saturated rings. The summed E-state index contributed by atoms with van der Waals surface area (Å²) in [5, 5.41) is 12.7. The van der Waals surface area contributed by atoms with Crippen molar-refractivity contribution in [3.63, 3.8) is 0 Å². The quantitative estimate of drug-likeness (QED) is 0.304. The summed E-state index contributed by atoms with van der Waals surface area (Å²) in [4.78, 5) is 16.8. The Morgan fingerprint density at radius 2 is 1.96 bits per heavy atom. The molecule has 0 bridgehead atoms. The van der Waals surface area contributed by atoms with Crippen molar-refractivity contribution in [1.29, 1.82) is 5.26 Å². The van der Waals surface area contributed by atoms with Gasteiger partial charge in [-0.1, -0.05) is 46.3 Å². The first-order chi connectivity index (χ1) is 13.1. The maximum absolute atomic E-state index is 12.3. The van der Waals surface area contributed by atoms with Gasteiger partial charge in [0.25, 0.3) is 0 Å². The van der Waals surface area contributed by atoms with E-state index in [9.17, 15) is 10.1 Å². The fraction of sp³-hybridized carbons (Fsp3) is 0. The third-order valence-electron chi connectivity index (χ3n) is 3.95. The summed E-state index contributed by atoms with van der Waals surface area (Å²) in [5.41, 5.74) is 2.33. The molecule has 0 aliphatic carbocycles. The number of halogens is 1. The fourth-order valence-corrected chi connectivity index (χ4v) is 3.68. The molecule has 6 heteroatoms. The van der Waals surface area contributed by atoms with Crippen LogP contribution < -0.4 is 5.63 Å². The molecule has 0 saturated heterocycles. The first-order valence-electron chi connectivity index (χ1n) is 8.00. The third-order valence-corrected chi connectivity index (χ3v) is 5.36. The van der Waals surface area contributed by atoms with Crippen molar-refractivity contribution in [2.45, 2.75) is 0 Å². The number of nitrogens with zero attached hydrogens (tertiary/aromatic N) is 2. The number of hydrogen-bond donors (Lipinski definition) is 0. The average molecular weight is 435 g/mol. The van der Waals surface area contributed by atoms with Crippen molar-refractivity contribution in [1.82, 2.24) is 4.98 Å². The second kappa shape index (κ2) is 7.31. The summed E-state index contributed by atoms with van der Waals surface area (Å²) in [6, 6.07) is 18.9. The van der Waals surface area contributed by atoms with Crippen LogP contribution in [0.3, 0.4) is 0 Å². The van der Waals surface area contributed by atoms with Crippen LogP contribution in [0.1, 0.15) is 10.6 Å². The van der Waals surface area contributed by atoms with Crippen LogP contribution in [0.15, 0.2) is 73.7 Å². The lowest BCUT2D eigenvalue weighted by Gasteiger charge is -1.99. The lowest BCUT2D eigenvalue weighted by Crippen LogP contribution is -2.02. The Morgan fingerprint density at radius 1 is 1.19 bits per heavy atom. The van der Waals surface area contributed by atoms with E-state index in [0.717, 1.165) is 15.4 Å². The first-order valence-corrected chi connectivity index (χ1v) is 9.68. The van der Waals surface area contributed by atoms with Crippen molar-refractivity contribution in [2.75, 3.05) is 0 Å². The van der Waals surface area contributed by atoms with Gasteiger partial charge in [0.05, 0.1) is 16.8 Å². The molecule has 0 N–H and O–H groups in total. The van der Waals surface area contributed by atoms with Gasteiger partial charge >= 0.3 is 5.63 Å². The lowest BCUT2D eigenvalue weighted by molar-refractivity contribution is 0.563. The molecule has 27 heavy (non-hydrogen) atoms. The number of thiazole rings is 1. The maximum Gasteiger partial charge on any atom is 0.345 e. The zero-order valence-electron chi connectivity index (χ0n) is 13.8. The molecular formula is C21H11BrN2O2S. The van der Waals surface area contributed by atoms with Gasteiger partial charge in [0.2, 0.25) is 0 Å². The number of rotatable bonds is 3. The molecule has 0 spiro atoms. The minimum Gasteiger partial charge on any atom is -0.422 e.